The van der Waals surface area contributed by atoms with Crippen LogP contribution in [0.2, 0.25) is 0 Å². The summed E-state index contributed by atoms with van der Waals surface area (Å²) in [4.78, 5) is 35.7. The van der Waals surface area contributed by atoms with E-state index in [-0.39, 0.29) is 37.2 Å². The number of carbonyl (C=O) groups is 3. The van der Waals surface area contributed by atoms with Gasteiger partial charge >= 0.3 is 5.97 Å². The van der Waals surface area contributed by atoms with Crippen molar-refractivity contribution in [2.24, 2.45) is 11.7 Å². The van der Waals surface area contributed by atoms with Crippen LogP contribution in [0.15, 0.2) is 0 Å². The van der Waals surface area contributed by atoms with E-state index < -0.39 is 5.97 Å². The minimum atomic E-state index is -0.494. The molecule has 1 heterocycles. The van der Waals surface area contributed by atoms with Gasteiger partial charge in [0.15, 0.2) is 5.78 Å². The molecular formula is C12H20N2O4. The highest BCUT2D eigenvalue weighted by atomic mass is 16.5. The highest BCUT2D eigenvalue weighted by Crippen LogP contribution is 2.15. The van der Waals surface area contributed by atoms with Gasteiger partial charge < -0.3 is 10.5 Å². The van der Waals surface area contributed by atoms with Gasteiger partial charge in [-0.3, -0.25) is 19.3 Å². The Hall–Kier alpha value is -1.43. The first-order valence-corrected chi connectivity index (χ1v) is 6.22. The molecule has 2 N–H and O–H groups in total. The zero-order valence-corrected chi connectivity index (χ0v) is 10.7. The highest BCUT2D eigenvalue weighted by molar-refractivity contribution is 5.96. The first-order chi connectivity index (χ1) is 8.52. The molecule has 1 rings (SSSR count). The maximum Gasteiger partial charge on any atom is 0.313 e. The molecule has 102 valence electrons. The first kappa shape index (κ1) is 14.6. The molecule has 0 spiro atoms. The number of esters is 1. The van der Waals surface area contributed by atoms with E-state index in [1.807, 2.05) is 4.90 Å². The third kappa shape index (κ3) is 4.83. The average molecular weight is 256 g/mol. The van der Waals surface area contributed by atoms with E-state index in [1.165, 1.54) is 0 Å². The molecule has 0 aromatic rings. The molecule has 18 heavy (non-hydrogen) atoms. The number of Topliss-reactive ketones (excluding diaryl/α,β-unsaturated/α-hetero) is 1. The Kier molecular flexibility index (Phi) is 5.77. The van der Waals surface area contributed by atoms with E-state index in [9.17, 15) is 14.4 Å². The van der Waals surface area contributed by atoms with E-state index in [4.69, 9.17) is 10.5 Å². The van der Waals surface area contributed by atoms with Gasteiger partial charge in [0.05, 0.1) is 19.1 Å². The highest BCUT2D eigenvalue weighted by Gasteiger charge is 2.25. The predicted molar refractivity (Wildman–Crippen MR) is 64.6 cm³/mol. The van der Waals surface area contributed by atoms with Crippen LogP contribution in [0.3, 0.4) is 0 Å². The number of amides is 1. The molecule has 6 nitrogen and oxygen atoms in total. The number of carbonyl (C=O) groups excluding carboxylic acids is 3. The van der Waals surface area contributed by atoms with Gasteiger partial charge in [0.25, 0.3) is 0 Å². The Bertz CT molecular complexity index is 330. The van der Waals surface area contributed by atoms with Gasteiger partial charge in [-0.25, -0.2) is 0 Å². The Balaban J connectivity index is 2.35. The number of nitrogens with two attached hydrogens (primary N) is 1. The largest absolute Gasteiger partial charge is 0.466 e. The quantitative estimate of drug-likeness (QED) is 0.521. The molecule has 0 aromatic carbocycles. The second-order valence-electron chi connectivity index (χ2n) is 4.50. The fraction of sp³-hybridized carbons (Fsp3) is 0.750. The molecule has 0 aromatic heterocycles. The van der Waals surface area contributed by atoms with Crippen molar-refractivity contribution in [1.29, 1.82) is 0 Å². The van der Waals surface area contributed by atoms with Crippen LogP contribution >= 0.6 is 0 Å². The third-order valence-corrected chi connectivity index (χ3v) is 2.95. The van der Waals surface area contributed by atoms with Crippen molar-refractivity contribution in [3.63, 3.8) is 0 Å². The van der Waals surface area contributed by atoms with E-state index in [2.05, 4.69) is 0 Å². The Labute approximate surface area is 106 Å². The van der Waals surface area contributed by atoms with Crippen LogP contribution in [0.4, 0.5) is 0 Å². The predicted octanol–water partition coefficient (Wildman–Crippen LogP) is -0.294. The number of hydrogen-bond donors (Lipinski definition) is 1. The Morgan fingerprint density at radius 1 is 1.39 bits per heavy atom. The van der Waals surface area contributed by atoms with Gasteiger partial charge in [0, 0.05) is 6.54 Å². The van der Waals surface area contributed by atoms with Crippen molar-refractivity contribution >= 4 is 17.7 Å². The van der Waals surface area contributed by atoms with Crippen LogP contribution in [-0.4, -0.2) is 48.8 Å². The van der Waals surface area contributed by atoms with Gasteiger partial charge in [0.1, 0.15) is 6.42 Å². The summed E-state index contributed by atoms with van der Waals surface area (Å²) in [5, 5.41) is 0. The Morgan fingerprint density at radius 2 is 2.11 bits per heavy atom. The number of hydrogen-bond acceptors (Lipinski definition) is 5. The molecule has 1 aliphatic rings. The molecule has 0 aliphatic carbocycles. The standard InChI is InChI=1S/C12H20N2O4/c1-2-18-11(16)6-10(15)8-14-5-3-4-9(7-14)12(13)17/h9H,2-8H2,1H3,(H2,13,17). The fourth-order valence-electron chi connectivity index (χ4n) is 2.11. The van der Waals surface area contributed by atoms with Crippen LogP contribution in [0.5, 0.6) is 0 Å². The van der Waals surface area contributed by atoms with E-state index >= 15 is 0 Å². The van der Waals surface area contributed by atoms with Gasteiger partial charge in [-0.2, -0.15) is 0 Å². The first-order valence-electron chi connectivity index (χ1n) is 6.22. The maximum atomic E-state index is 11.6. The minimum Gasteiger partial charge on any atom is -0.466 e. The molecule has 1 atom stereocenters. The van der Waals surface area contributed by atoms with Crippen molar-refractivity contribution in [3.05, 3.63) is 0 Å². The second kappa shape index (κ2) is 7.10. The molecule has 6 heteroatoms. The van der Waals surface area contributed by atoms with Crippen LogP contribution < -0.4 is 5.73 Å². The van der Waals surface area contributed by atoms with Crippen molar-refractivity contribution < 1.29 is 19.1 Å². The normalized spacial score (nSPS) is 20.4. The summed E-state index contributed by atoms with van der Waals surface area (Å²) in [7, 11) is 0. The zero-order valence-electron chi connectivity index (χ0n) is 10.7. The van der Waals surface area contributed by atoms with Crippen molar-refractivity contribution in [1.82, 2.24) is 4.90 Å². The summed E-state index contributed by atoms with van der Waals surface area (Å²) in [5.41, 5.74) is 5.26. The third-order valence-electron chi connectivity index (χ3n) is 2.95. The lowest BCUT2D eigenvalue weighted by molar-refractivity contribution is -0.146. The summed E-state index contributed by atoms with van der Waals surface area (Å²) in [6.45, 7) is 3.43. The summed E-state index contributed by atoms with van der Waals surface area (Å²) in [6.07, 6.45) is 1.42. The summed E-state index contributed by atoms with van der Waals surface area (Å²) in [6, 6.07) is 0. The SMILES string of the molecule is CCOC(=O)CC(=O)CN1CCCC(C(N)=O)C1. The second-order valence-corrected chi connectivity index (χ2v) is 4.50. The number of rotatable bonds is 6. The number of piperidine rings is 1. The smallest absolute Gasteiger partial charge is 0.313 e. The van der Waals surface area contributed by atoms with Crippen LogP contribution in [0.1, 0.15) is 26.2 Å². The molecule has 1 aliphatic heterocycles. The molecule has 1 unspecified atom stereocenters. The molecule has 0 radical (unpaired) electrons. The van der Waals surface area contributed by atoms with Gasteiger partial charge in [-0.05, 0) is 26.3 Å². The van der Waals surface area contributed by atoms with Gasteiger partial charge in [0.2, 0.25) is 5.91 Å². The number of ether oxygens (including phenoxy) is 1. The number of ketones is 1. The minimum absolute atomic E-state index is 0.182. The van der Waals surface area contributed by atoms with E-state index in [1.54, 1.807) is 6.92 Å². The van der Waals surface area contributed by atoms with Crippen LogP contribution in [0, 0.1) is 5.92 Å². The Morgan fingerprint density at radius 3 is 2.72 bits per heavy atom. The van der Waals surface area contributed by atoms with Crippen molar-refractivity contribution in [2.75, 3.05) is 26.2 Å². The molecular weight excluding hydrogens is 236 g/mol. The monoisotopic (exact) mass is 256 g/mol. The lowest BCUT2D eigenvalue weighted by Gasteiger charge is -2.30. The number of likely N-dealkylation sites (tertiary alicyclic amines) is 1. The topological polar surface area (TPSA) is 89.7 Å². The zero-order chi connectivity index (χ0) is 13.5. The van der Waals surface area contributed by atoms with E-state index in [0.717, 1.165) is 19.4 Å². The molecule has 1 amide bonds. The van der Waals surface area contributed by atoms with Gasteiger partial charge in [-0.1, -0.05) is 0 Å². The summed E-state index contributed by atoms with van der Waals surface area (Å²) in [5.74, 6) is -1.18. The van der Waals surface area contributed by atoms with Crippen LogP contribution in [0.25, 0.3) is 0 Å². The van der Waals surface area contributed by atoms with Gasteiger partial charge in [-0.15, -0.1) is 0 Å². The van der Waals surface area contributed by atoms with E-state index in [0.29, 0.717) is 6.54 Å². The van der Waals surface area contributed by atoms with Crippen molar-refractivity contribution in [3.8, 4) is 0 Å². The van der Waals surface area contributed by atoms with Crippen molar-refractivity contribution in [2.45, 2.75) is 26.2 Å². The summed E-state index contributed by atoms with van der Waals surface area (Å²) < 4.78 is 4.71. The molecule has 1 saturated heterocycles. The summed E-state index contributed by atoms with van der Waals surface area (Å²) >= 11 is 0. The number of primary amides is 1. The lowest BCUT2D eigenvalue weighted by Crippen LogP contribution is -2.43. The average Bonchev–Trinajstić information content (AvgIpc) is 2.29. The fourth-order valence-corrected chi connectivity index (χ4v) is 2.11. The molecule has 0 saturated carbocycles. The van der Waals surface area contributed by atoms with Crippen LogP contribution in [-0.2, 0) is 19.1 Å². The number of nitrogens with zero attached hydrogens (tertiary/aromatic N) is 1. The maximum absolute atomic E-state index is 11.6. The molecule has 1 fully saturated rings. The molecule has 0 bridgehead atoms. The lowest BCUT2D eigenvalue weighted by atomic mass is 9.97.